The van der Waals surface area contributed by atoms with Crippen molar-refractivity contribution in [1.29, 1.82) is 0 Å². The highest BCUT2D eigenvalue weighted by molar-refractivity contribution is 6.34. The number of ether oxygens (including phenoxy) is 2. The summed E-state index contributed by atoms with van der Waals surface area (Å²) in [6, 6.07) is 5.59. The molecule has 1 aromatic carbocycles. The first kappa shape index (κ1) is 27.2. The lowest BCUT2D eigenvalue weighted by Crippen LogP contribution is -2.44. The SMILES string of the molecule is COc1cccc(Cl)c1C1=NC(CN2CCC(C(=O)NCCCN3C[C@H](C)C[C@H](C)C3)CC2)C(C)O1. The molecule has 7 nitrogen and oxygen atoms in total. The quantitative estimate of drug-likeness (QED) is 0.499. The van der Waals surface area contributed by atoms with Crippen LogP contribution in [0.1, 0.15) is 52.0 Å². The lowest BCUT2D eigenvalue weighted by atomic mass is 9.92. The van der Waals surface area contributed by atoms with Gasteiger partial charge < -0.3 is 24.6 Å². The van der Waals surface area contributed by atoms with Gasteiger partial charge in [0.2, 0.25) is 11.8 Å². The standard InChI is InChI=1S/C28H43ClN4O3/c1-19-15-20(2)17-33(16-19)12-6-11-30-27(34)22-9-13-32(14-10-22)18-24-21(3)36-28(31-24)26-23(29)7-5-8-25(26)35-4/h5,7-8,19-22,24H,6,9-18H2,1-4H3,(H,30,34)/t19-,20+,21?,24?. The van der Waals surface area contributed by atoms with Crippen molar-refractivity contribution in [2.75, 3.05) is 52.9 Å². The van der Waals surface area contributed by atoms with Crippen molar-refractivity contribution in [2.24, 2.45) is 22.7 Å². The van der Waals surface area contributed by atoms with E-state index in [9.17, 15) is 4.79 Å². The zero-order valence-electron chi connectivity index (χ0n) is 22.3. The van der Waals surface area contributed by atoms with Crippen molar-refractivity contribution in [3.63, 3.8) is 0 Å². The third-order valence-electron chi connectivity index (χ3n) is 7.83. The summed E-state index contributed by atoms with van der Waals surface area (Å²) >= 11 is 6.43. The summed E-state index contributed by atoms with van der Waals surface area (Å²) in [5, 5.41) is 3.78. The Morgan fingerprint density at radius 2 is 1.89 bits per heavy atom. The van der Waals surface area contributed by atoms with Crippen molar-refractivity contribution < 1.29 is 14.3 Å². The van der Waals surface area contributed by atoms with Gasteiger partial charge >= 0.3 is 0 Å². The molecule has 4 atom stereocenters. The van der Waals surface area contributed by atoms with E-state index < -0.39 is 0 Å². The number of hydrogen-bond donors (Lipinski definition) is 1. The van der Waals surface area contributed by atoms with Gasteiger partial charge in [-0.15, -0.1) is 0 Å². The van der Waals surface area contributed by atoms with Crippen LogP contribution in [0.15, 0.2) is 23.2 Å². The molecule has 200 valence electrons. The van der Waals surface area contributed by atoms with E-state index in [1.807, 2.05) is 18.2 Å². The van der Waals surface area contributed by atoms with Gasteiger partial charge in [-0.3, -0.25) is 4.79 Å². The lowest BCUT2D eigenvalue weighted by Gasteiger charge is -2.35. The smallest absolute Gasteiger partial charge is 0.223 e. The van der Waals surface area contributed by atoms with Crippen molar-refractivity contribution in [3.8, 4) is 5.75 Å². The molecular weight excluding hydrogens is 476 g/mol. The summed E-state index contributed by atoms with van der Waals surface area (Å²) in [5.41, 5.74) is 0.718. The zero-order chi connectivity index (χ0) is 25.7. The number of nitrogens with one attached hydrogen (secondary N) is 1. The number of carbonyl (C=O) groups is 1. The summed E-state index contributed by atoms with van der Waals surface area (Å²) in [7, 11) is 1.63. The Morgan fingerprint density at radius 1 is 1.17 bits per heavy atom. The molecule has 36 heavy (non-hydrogen) atoms. The fourth-order valence-electron chi connectivity index (χ4n) is 6.01. The summed E-state index contributed by atoms with van der Waals surface area (Å²) < 4.78 is 11.6. The molecule has 3 aliphatic rings. The highest BCUT2D eigenvalue weighted by Gasteiger charge is 2.33. The minimum Gasteiger partial charge on any atom is -0.496 e. The summed E-state index contributed by atoms with van der Waals surface area (Å²) in [4.78, 5) is 22.6. The van der Waals surface area contributed by atoms with Crippen LogP contribution in [0.2, 0.25) is 5.02 Å². The molecule has 3 aliphatic heterocycles. The first-order valence-electron chi connectivity index (χ1n) is 13.6. The Kier molecular flexibility index (Phi) is 9.53. The maximum absolute atomic E-state index is 12.7. The van der Waals surface area contributed by atoms with Gasteiger partial charge in [0.05, 0.1) is 17.7 Å². The predicted molar refractivity (Wildman–Crippen MR) is 145 cm³/mol. The molecule has 8 heteroatoms. The van der Waals surface area contributed by atoms with Crippen molar-refractivity contribution in [2.45, 2.75) is 58.6 Å². The van der Waals surface area contributed by atoms with Crippen molar-refractivity contribution >= 4 is 23.4 Å². The van der Waals surface area contributed by atoms with Crippen LogP contribution < -0.4 is 10.1 Å². The lowest BCUT2D eigenvalue weighted by molar-refractivity contribution is -0.126. The molecule has 2 fully saturated rings. The largest absolute Gasteiger partial charge is 0.496 e. The van der Waals surface area contributed by atoms with E-state index in [4.69, 9.17) is 26.1 Å². The monoisotopic (exact) mass is 518 g/mol. The molecule has 0 radical (unpaired) electrons. The molecule has 3 heterocycles. The van der Waals surface area contributed by atoms with Crippen LogP contribution in [0.3, 0.4) is 0 Å². The Labute approximate surface area is 221 Å². The van der Waals surface area contributed by atoms with Gasteiger partial charge in [-0.1, -0.05) is 31.5 Å². The maximum Gasteiger partial charge on any atom is 0.223 e. The molecular formula is C28H43ClN4O3. The van der Waals surface area contributed by atoms with Gasteiger partial charge in [0.15, 0.2) is 0 Å². The van der Waals surface area contributed by atoms with Crippen LogP contribution in [0.25, 0.3) is 0 Å². The van der Waals surface area contributed by atoms with Gasteiger partial charge in [-0.05, 0) is 76.2 Å². The predicted octanol–water partition coefficient (Wildman–Crippen LogP) is 4.08. The molecule has 0 aliphatic carbocycles. The number of methoxy groups -OCH3 is 1. The zero-order valence-corrected chi connectivity index (χ0v) is 23.1. The minimum absolute atomic E-state index is 0.0339. The second-order valence-corrected chi connectivity index (χ2v) is 11.5. The molecule has 0 aromatic heterocycles. The number of piperidine rings is 2. The van der Waals surface area contributed by atoms with E-state index >= 15 is 0 Å². The topological polar surface area (TPSA) is 66.4 Å². The Bertz CT molecular complexity index is 908. The summed E-state index contributed by atoms with van der Waals surface area (Å²) in [6.07, 6.45) is 4.11. The molecule has 0 spiro atoms. The third kappa shape index (κ3) is 6.93. The highest BCUT2D eigenvalue weighted by atomic mass is 35.5. The Balaban J connectivity index is 1.19. The van der Waals surface area contributed by atoms with Crippen molar-refractivity contribution in [1.82, 2.24) is 15.1 Å². The van der Waals surface area contributed by atoms with E-state index in [2.05, 4.69) is 35.9 Å². The van der Waals surface area contributed by atoms with Crippen LogP contribution in [0.5, 0.6) is 5.75 Å². The third-order valence-corrected chi connectivity index (χ3v) is 8.15. The molecule has 0 bridgehead atoms. The Hall–Kier alpha value is -1.83. The number of aliphatic imine (C=N–C) groups is 1. The summed E-state index contributed by atoms with van der Waals surface area (Å²) in [6.45, 7) is 13.6. The van der Waals surface area contributed by atoms with Crippen LogP contribution in [0.4, 0.5) is 0 Å². The van der Waals surface area contributed by atoms with Crippen molar-refractivity contribution in [3.05, 3.63) is 28.8 Å². The van der Waals surface area contributed by atoms with Gasteiger partial charge in [0.1, 0.15) is 17.9 Å². The number of rotatable bonds is 9. The summed E-state index contributed by atoms with van der Waals surface area (Å²) in [5.74, 6) is 3.12. The fraction of sp³-hybridized carbons (Fsp3) is 0.714. The number of carbonyl (C=O) groups excluding carboxylic acids is 1. The first-order valence-corrected chi connectivity index (χ1v) is 14.0. The second-order valence-electron chi connectivity index (χ2n) is 11.1. The number of amides is 1. The molecule has 2 saturated heterocycles. The van der Waals surface area contributed by atoms with E-state index in [-0.39, 0.29) is 24.0 Å². The minimum atomic E-state index is -0.0344. The molecule has 1 N–H and O–H groups in total. The fourth-order valence-corrected chi connectivity index (χ4v) is 6.26. The number of likely N-dealkylation sites (tertiary alicyclic amines) is 2. The van der Waals surface area contributed by atoms with E-state index in [0.29, 0.717) is 16.7 Å². The van der Waals surface area contributed by atoms with Crippen LogP contribution in [-0.4, -0.2) is 86.7 Å². The highest BCUT2D eigenvalue weighted by Crippen LogP contribution is 2.31. The van der Waals surface area contributed by atoms with E-state index in [0.717, 1.165) is 69.4 Å². The first-order chi connectivity index (χ1) is 17.3. The maximum atomic E-state index is 12.7. The molecule has 2 unspecified atom stereocenters. The van der Waals surface area contributed by atoms with Gasteiger partial charge in [0.25, 0.3) is 0 Å². The number of nitrogens with zero attached hydrogens (tertiary/aromatic N) is 3. The second kappa shape index (κ2) is 12.6. The van der Waals surface area contributed by atoms with Gasteiger partial charge in [0, 0.05) is 32.1 Å². The molecule has 0 saturated carbocycles. The van der Waals surface area contributed by atoms with Crippen LogP contribution >= 0.6 is 11.6 Å². The molecule has 1 aromatic rings. The Morgan fingerprint density at radius 3 is 2.58 bits per heavy atom. The van der Waals surface area contributed by atoms with Crippen LogP contribution in [0, 0.1) is 17.8 Å². The average Bonchev–Trinajstić information content (AvgIpc) is 3.20. The van der Waals surface area contributed by atoms with E-state index in [1.165, 1.54) is 19.5 Å². The average molecular weight is 519 g/mol. The molecule has 4 rings (SSSR count). The molecule has 1 amide bonds. The van der Waals surface area contributed by atoms with Crippen LogP contribution in [-0.2, 0) is 9.53 Å². The van der Waals surface area contributed by atoms with E-state index in [1.54, 1.807) is 7.11 Å². The normalized spacial score (nSPS) is 28.0. The number of benzene rings is 1. The number of halogens is 1. The van der Waals surface area contributed by atoms with Gasteiger partial charge in [-0.2, -0.15) is 0 Å². The van der Waals surface area contributed by atoms with Gasteiger partial charge in [-0.25, -0.2) is 4.99 Å². The number of hydrogen-bond acceptors (Lipinski definition) is 6.